The Labute approximate surface area is 171 Å². The van der Waals surface area contributed by atoms with Crippen LogP contribution in [0, 0.1) is 0 Å². The molecule has 1 N–H and O–H groups in total. The SMILES string of the molecule is O=C(COc1ccccc1Cl)Nc1c(C(=O)c2ccccc2)oc2ccccc12. The molecule has 0 unspecified atom stereocenters. The van der Waals surface area contributed by atoms with E-state index in [2.05, 4.69) is 5.32 Å². The number of hydrogen-bond acceptors (Lipinski definition) is 4. The second kappa shape index (κ2) is 8.20. The third-order valence-corrected chi connectivity index (χ3v) is 4.61. The molecule has 0 saturated heterocycles. The summed E-state index contributed by atoms with van der Waals surface area (Å²) in [6, 6.07) is 22.8. The lowest BCUT2D eigenvalue weighted by Gasteiger charge is -2.09. The van der Waals surface area contributed by atoms with Crippen LogP contribution in [0.2, 0.25) is 5.02 Å². The highest BCUT2D eigenvalue weighted by Gasteiger charge is 2.23. The third kappa shape index (κ3) is 4.00. The highest BCUT2D eigenvalue weighted by atomic mass is 35.5. The van der Waals surface area contributed by atoms with Crippen LogP contribution in [0.3, 0.4) is 0 Å². The van der Waals surface area contributed by atoms with E-state index in [9.17, 15) is 9.59 Å². The van der Waals surface area contributed by atoms with Crippen molar-refractivity contribution in [2.75, 3.05) is 11.9 Å². The van der Waals surface area contributed by atoms with Crippen LogP contribution < -0.4 is 10.1 Å². The molecule has 1 heterocycles. The number of ether oxygens (including phenoxy) is 1. The maximum absolute atomic E-state index is 12.9. The van der Waals surface area contributed by atoms with Crippen molar-refractivity contribution in [1.82, 2.24) is 0 Å². The van der Waals surface area contributed by atoms with Crippen molar-refractivity contribution in [2.45, 2.75) is 0 Å². The van der Waals surface area contributed by atoms with Gasteiger partial charge in [-0.2, -0.15) is 0 Å². The second-order valence-electron chi connectivity index (χ2n) is 6.26. The smallest absolute Gasteiger partial charge is 0.262 e. The van der Waals surface area contributed by atoms with Crippen molar-refractivity contribution in [3.63, 3.8) is 0 Å². The van der Waals surface area contributed by atoms with Gasteiger partial charge in [-0.3, -0.25) is 9.59 Å². The van der Waals surface area contributed by atoms with Gasteiger partial charge in [-0.05, 0) is 24.3 Å². The van der Waals surface area contributed by atoms with Gasteiger partial charge in [-0.15, -0.1) is 0 Å². The number of nitrogens with one attached hydrogen (secondary N) is 1. The van der Waals surface area contributed by atoms with Crippen LogP contribution in [0.15, 0.2) is 83.3 Å². The maximum atomic E-state index is 12.9. The lowest BCUT2D eigenvalue weighted by Crippen LogP contribution is -2.21. The lowest BCUT2D eigenvalue weighted by atomic mass is 10.1. The van der Waals surface area contributed by atoms with Crippen molar-refractivity contribution < 1.29 is 18.7 Å². The highest BCUT2D eigenvalue weighted by molar-refractivity contribution is 6.32. The average Bonchev–Trinajstić information content (AvgIpc) is 3.11. The predicted molar refractivity (Wildman–Crippen MR) is 112 cm³/mol. The molecule has 29 heavy (non-hydrogen) atoms. The number of para-hydroxylation sites is 2. The van der Waals surface area contributed by atoms with Crippen molar-refractivity contribution in [3.8, 4) is 5.75 Å². The van der Waals surface area contributed by atoms with E-state index >= 15 is 0 Å². The normalized spacial score (nSPS) is 10.7. The van der Waals surface area contributed by atoms with Crippen LogP contribution >= 0.6 is 11.6 Å². The molecule has 0 spiro atoms. The van der Waals surface area contributed by atoms with Gasteiger partial charge in [0, 0.05) is 10.9 Å². The number of benzene rings is 3. The molecule has 0 aliphatic rings. The number of carbonyl (C=O) groups excluding carboxylic acids is 2. The molecule has 0 bridgehead atoms. The molecule has 1 aromatic heterocycles. The van der Waals surface area contributed by atoms with E-state index in [1.54, 1.807) is 66.7 Å². The van der Waals surface area contributed by atoms with E-state index in [0.717, 1.165) is 0 Å². The van der Waals surface area contributed by atoms with Gasteiger partial charge in [0.1, 0.15) is 11.3 Å². The first-order chi connectivity index (χ1) is 14.1. The van der Waals surface area contributed by atoms with Crippen molar-refractivity contribution >= 4 is 39.9 Å². The van der Waals surface area contributed by atoms with Gasteiger partial charge in [0.25, 0.3) is 5.91 Å². The fourth-order valence-electron chi connectivity index (χ4n) is 2.93. The first-order valence-electron chi connectivity index (χ1n) is 8.92. The van der Waals surface area contributed by atoms with Crippen molar-refractivity contribution in [2.24, 2.45) is 0 Å². The topological polar surface area (TPSA) is 68.5 Å². The Hall–Kier alpha value is -3.57. The molecule has 1 amide bonds. The van der Waals surface area contributed by atoms with Gasteiger partial charge in [0.2, 0.25) is 5.78 Å². The summed E-state index contributed by atoms with van der Waals surface area (Å²) in [4.78, 5) is 25.5. The summed E-state index contributed by atoms with van der Waals surface area (Å²) in [7, 11) is 0. The zero-order valence-electron chi connectivity index (χ0n) is 15.2. The van der Waals surface area contributed by atoms with E-state index in [1.165, 1.54) is 0 Å². The average molecular weight is 406 g/mol. The third-order valence-electron chi connectivity index (χ3n) is 4.30. The van der Waals surface area contributed by atoms with Gasteiger partial charge in [0.05, 0.1) is 10.7 Å². The Kier molecular flexibility index (Phi) is 5.31. The maximum Gasteiger partial charge on any atom is 0.262 e. The van der Waals surface area contributed by atoms with Crippen LogP contribution in [0.5, 0.6) is 5.75 Å². The van der Waals surface area contributed by atoms with Crippen molar-refractivity contribution in [3.05, 3.63) is 95.2 Å². The molecule has 4 aromatic rings. The molecule has 6 heteroatoms. The summed E-state index contributed by atoms with van der Waals surface area (Å²) in [6.07, 6.45) is 0. The number of halogens is 1. The number of rotatable bonds is 6. The molecule has 0 saturated carbocycles. The van der Waals surface area contributed by atoms with Gasteiger partial charge in [0.15, 0.2) is 12.4 Å². The number of fused-ring (bicyclic) bond motifs is 1. The molecule has 0 aliphatic carbocycles. The fraction of sp³-hybridized carbons (Fsp3) is 0.0435. The first kappa shape index (κ1) is 18.8. The minimum atomic E-state index is -0.432. The minimum Gasteiger partial charge on any atom is -0.482 e. The Morgan fingerprint density at radius 2 is 1.59 bits per heavy atom. The molecule has 0 radical (unpaired) electrons. The summed E-state index contributed by atoms with van der Waals surface area (Å²) in [5.41, 5.74) is 1.30. The van der Waals surface area contributed by atoms with Gasteiger partial charge in [-0.25, -0.2) is 0 Å². The van der Waals surface area contributed by atoms with Crippen LogP contribution in [0.1, 0.15) is 16.1 Å². The van der Waals surface area contributed by atoms with Gasteiger partial charge >= 0.3 is 0 Å². The van der Waals surface area contributed by atoms with E-state index in [0.29, 0.717) is 33.0 Å². The molecule has 3 aromatic carbocycles. The molecular formula is C23H16ClNO4. The largest absolute Gasteiger partial charge is 0.482 e. The number of ketones is 1. The predicted octanol–water partition coefficient (Wildman–Crippen LogP) is 5.33. The number of amides is 1. The summed E-state index contributed by atoms with van der Waals surface area (Å²) < 4.78 is 11.3. The Morgan fingerprint density at radius 3 is 2.38 bits per heavy atom. The van der Waals surface area contributed by atoms with E-state index in [4.69, 9.17) is 20.8 Å². The fourth-order valence-corrected chi connectivity index (χ4v) is 3.12. The molecule has 0 atom stereocenters. The standard InChI is InChI=1S/C23H16ClNO4/c24-17-11-5-7-13-19(17)28-14-20(26)25-21-16-10-4-6-12-18(16)29-23(21)22(27)15-8-2-1-3-9-15/h1-13H,14H2,(H,25,26). The van der Waals surface area contributed by atoms with Crippen LogP contribution in [-0.4, -0.2) is 18.3 Å². The zero-order valence-corrected chi connectivity index (χ0v) is 16.0. The molecule has 0 fully saturated rings. The molecular weight excluding hydrogens is 390 g/mol. The second-order valence-corrected chi connectivity index (χ2v) is 6.67. The summed E-state index contributed by atoms with van der Waals surface area (Å²) >= 11 is 6.05. The lowest BCUT2D eigenvalue weighted by molar-refractivity contribution is -0.118. The summed E-state index contributed by atoms with van der Waals surface area (Å²) in [5.74, 6) is -0.270. The number of carbonyl (C=O) groups is 2. The number of hydrogen-bond donors (Lipinski definition) is 1. The monoisotopic (exact) mass is 405 g/mol. The Balaban J connectivity index is 1.61. The van der Waals surface area contributed by atoms with E-state index < -0.39 is 5.91 Å². The molecule has 0 aliphatic heterocycles. The highest BCUT2D eigenvalue weighted by Crippen LogP contribution is 2.32. The molecule has 144 valence electrons. The Bertz CT molecular complexity index is 1180. The van der Waals surface area contributed by atoms with Crippen LogP contribution in [0.4, 0.5) is 5.69 Å². The quantitative estimate of drug-likeness (QED) is 0.440. The number of anilines is 1. The van der Waals surface area contributed by atoms with E-state index in [-0.39, 0.29) is 18.2 Å². The van der Waals surface area contributed by atoms with Crippen LogP contribution in [0.25, 0.3) is 11.0 Å². The van der Waals surface area contributed by atoms with E-state index in [1.807, 2.05) is 12.1 Å². The summed E-state index contributed by atoms with van der Waals surface area (Å²) in [6.45, 7) is -0.262. The van der Waals surface area contributed by atoms with Crippen LogP contribution in [-0.2, 0) is 4.79 Å². The van der Waals surface area contributed by atoms with Gasteiger partial charge < -0.3 is 14.5 Å². The van der Waals surface area contributed by atoms with Gasteiger partial charge in [-0.1, -0.05) is 66.2 Å². The summed E-state index contributed by atoms with van der Waals surface area (Å²) in [5, 5.41) is 3.80. The van der Waals surface area contributed by atoms with Crippen molar-refractivity contribution in [1.29, 1.82) is 0 Å². The minimum absolute atomic E-state index is 0.0727. The molecule has 5 nitrogen and oxygen atoms in total. The molecule has 4 rings (SSSR count). The number of furan rings is 1. The first-order valence-corrected chi connectivity index (χ1v) is 9.30. The zero-order chi connectivity index (χ0) is 20.2. The Morgan fingerprint density at radius 1 is 0.897 bits per heavy atom.